The molecule has 1 amide bonds. The standard InChI is InChI=1S/C18H15FN4O2S/c1-21-18-23(22-9-11-2-5-13(19)6-3-11)15(10-26-18)12-4-7-16(24)14(8-12)17(20)25/h2-10,24H,1H3,(H2,20,25)/b21-18?,22-9+. The molecule has 132 valence electrons. The highest BCUT2D eigenvalue weighted by molar-refractivity contribution is 7.07. The Labute approximate surface area is 152 Å². The summed E-state index contributed by atoms with van der Waals surface area (Å²) in [6.07, 6.45) is 1.58. The minimum atomic E-state index is -0.721. The maximum Gasteiger partial charge on any atom is 0.252 e. The van der Waals surface area contributed by atoms with Crippen LogP contribution in [0.5, 0.6) is 5.75 Å². The third kappa shape index (κ3) is 3.55. The highest BCUT2D eigenvalue weighted by Crippen LogP contribution is 2.26. The summed E-state index contributed by atoms with van der Waals surface area (Å²) >= 11 is 1.37. The van der Waals surface area contributed by atoms with Gasteiger partial charge in [-0.15, -0.1) is 11.3 Å². The van der Waals surface area contributed by atoms with Crippen molar-refractivity contribution in [2.75, 3.05) is 7.05 Å². The molecular weight excluding hydrogens is 355 g/mol. The van der Waals surface area contributed by atoms with E-state index in [1.54, 1.807) is 36.1 Å². The number of nitrogens with two attached hydrogens (primary N) is 1. The first-order valence-electron chi connectivity index (χ1n) is 7.56. The van der Waals surface area contributed by atoms with Crippen LogP contribution in [0.3, 0.4) is 0 Å². The Morgan fingerprint density at radius 1 is 1.27 bits per heavy atom. The number of thiazole rings is 1. The highest BCUT2D eigenvalue weighted by atomic mass is 32.1. The Morgan fingerprint density at radius 2 is 2.00 bits per heavy atom. The number of halogens is 1. The molecule has 1 heterocycles. The summed E-state index contributed by atoms with van der Waals surface area (Å²) in [5.41, 5.74) is 7.37. The van der Waals surface area contributed by atoms with Gasteiger partial charge in [0.2, 0.25) is 4.80 Å². The molecular formula is C18H15FN4O2S. The number of carbonyl (C=O) groups is 1. The first-order chi connectivity index (χ1) is 12.5. The van der Waals surface area contributed by atoms with Crippen LogP contribution in [0, 0.1) is 5.82 Å². The molecule has 0 bridgehead atoms. The fourth-order valence-corrected chi connectivity index (χ4v) is 3.13. The fraction of sp³-hybridized carbons (Fsp3) is 0.0556. The molecule has 0 saturated carbocycles. The zero-order valence-electron chi connectivity index (χ0n) is 13.8. The van der Waals surface area contributed by atoms with E-state index in [-0.39, 0.29) is 17.1 Å². The Bertz CT molecular complexity index is 1050. The molecule has 1 aromatic heterocycles. The van der Waals surface area contributed by atoms with Crippen LogP contribution >= 0.6 is 11.3 Å². The number of aromatic nitrogens is 1. The van der Waals surface area contributed by atoms with Crippen LogP contribution in [0.15, 0.2) is 57.9 Å². The van der Waals surface area contributed by atoms with E-state index in [1.807, 2.05) is 5.38 Å². The van der Waals surface area contributed by atoms with Gasteiger partial charge in [0.1, 0.15) is 11.6 Å². The van der Waals surface area contributed by atoms with Crippen LogP contribution in [0.2, 0.25) is 0 Å². The van der Waals surface area contributed by atoms with Gasteiger partial charge in [-0.3, -0.25) is 9.79 Å². The van der Waals surface area contributed by atoms with Crippen molar-refractivity contribution in [2.45, 2.75) is 0 Å². The molecule has 3 aromatic rings. The van der Waals surface area contributed by atoms with Gasteiger partial charge < -0.3 is 10.8 Å². The molecule has 6 nitrogen and oxygen atoms in total. The summed E-state index contributed by atoms with van der Waals surface area (Å²) in [6, 6.07) is 10.5. The highest BCUT2D eigenvalue weighted by Gasteiger charge is 2.13. The average molecular weight is 370 g/mol. The maximum atomic E-state index is 13.0. The van der Waals surface area contributed by atoms with Crippen LogP contribution in [-0.4, -0.2) is 29.0 Å². The number of carbonyl (C=O) groups excluding carboxylic acids is 1. The summed E-state index contributed by atoms with van der Waals surface area (Å²) in [5, 5.41) is 16.0. The van der Waals surface area contributed by atoms with E-state index in [0.29, 0.717) is 16.1 Å². The summed E-state index contributed by atoms with van der Waals surface area (Å²) in [6.45, 7) is 0. The summed E-state index contributed by atoms with van der Waals surface area (Å²) in [4.78, 5) is 16.3. The van der Waals surface area contributed by atoms with Crippen molar-refractivity contribution in [1.82, 2.24) is 4.68 Å². The summed E-state index contributed by atoms with van der Waals surface area (Å²) < 4.78 is 14.6. The van der Waals surface area contributed by atoms with Gasteiger partial charge in [-0.05, 0) is 35.9 Å². The van der Waals surface area contributed by atoms with Crippen molar-refractivity contribution in [3.63, 3.8) is 0 Å². The van der Waals surface area contributed by atoms with Crippen LogP contribution in [0.4, 0.5) is 4.39 Å². The van der Waals surface area contributed by atoms with Crippen molar-refractivity contribution in [2.24, 2.45) is 15.8 Å². The Balaban J connectivity index is 2.08. The molecule has 0 aliphatic heterocycles. The first kappa shape index (κ1) is 17.6. The molecule has 0 fully saturated rings. The van der Waals surface area contributed by atoms with Crippen LogP contribution < -0.4 is 10.5 Å². The number of rotatable bonds is 4. The van der Waals surface area contributed by atoms with Crippen molar-refractivity contribution >= 4 is 23.5 Å². The maximum absolute atomic E-state index is 13.0. The average Bonchev–Trinajstić information content (AvgIpc) is 3.04. The molecule has 3 N–H and O–H groups in total. The number of primary amides is 1. The van der Waals surface area contributed by atoms with Gasteiger partial charge in [-0.2, -0.15) is 5.10 Å². The summed E-state index contributed by atoms with van der Waals surface area (Å²) in [7, 11) is 1.64. The SMILES string of the molecule is CN=c1scc(-c2ccc(O)c(C(N)=O)c2)n1/N=C/c1ccc(F)cc1. The zero-order chi connectivity index (χ0) is 18.7. The topological polar surface area (TPSA) is 93.0 Å². The van der Waals surface area contributed by atoms with Gasteiger partial charge in [-0.25, -0.2) is 9.07 Å². The third-order valence-electron chi connectivity index (χ3n) is 3.63. The minimum absolute atomic E-state index is 0.0257. The second-order valence-electron chi connectivity index (χ2n) is 5.33. The molecule has 0 unspecified atom stereocenters. The predicted octanol–water partition coefficient (Wildman–Crippen LogP) is 2.57. The smallest absolute Gasteiger partial charge is 0.252 e. The normalized spacial score (nSPS) is 12.0. The Kier molecular flexibility index (Phi) is 4.94. The van der Waals surface area contributed by atoms with E-state index in [1.165, 1.54) is 35.6 Å². The number of hydrogen-bond acceptors (Lipinski definition) is 5. The molecule has 0 aliphatic rings. The zero-order valence-corrected chi connectivity index (χ0v) is 14.6. The number of nitrogens with zero attached hydrogens (tertiary/aromatic N) is 3. The lowest BCUT2D eigenvalue weighted by atomic mass is 10.1. The van der Waals surface area contributed by atoms with Gasteiger partial charge >= 0.3 is 0 Å². The van der Waals surface area contributed by atoms with E-state index in [4.69, 9.17) is 5.73 Å². The van der Waals surface area contributed by atoms with Crippen LogP contribution in [0.25, 0.3) is 11.3 Å². The Morgan fingerprint density at radius 3 is 2.65 bits per heavy atom. The van der Waals surface area contributed by atoms with Crippen LogP contribution in [0.1, 0.15) is 15.9 Å². The lowest BCUT2D eigenvalue weighted by molar-refractivity contribution is 0.0998. The summed E-state index contributed by atoms with van der Waals surface area (Å²) in [5.74, 6) is -1.22. The van der Waals surface area contributed by atoms with E-state index < -0.39 is 5.91 Å². The predicted molar refractivity (Wildman–Crippen MR) is 98.8 cm³/mol. The molecule has 8 heteroatoms. The van der Waals surface area contributed by atoms with E-state index >= 15 is 0 Å². The molecule has 0 saturated heterocycles. The number of benzene rings is 2. The van der Waals surface area contributed by atoms with Crippen LogP contribution in [-0.2, 0) is 0 Å². The Hall–Kier alpha value is -3.26. The van der Waals surface area contributed by atoms with Gasteiger partial charge in [0.05, 0.1) is 17.5 Å². The number of amides is 1. The van der Waals surface area contributed by atoms with Gasteiger partial charge in [0, 0.05) is 18.0 Å². The molecule has 0 spiro atoms. The van der Waals surface area contributed by atoms with Gasteiger partial charge in [0.15, 0.2) is 0 Å². The monoisotopic (exact) mass is 370 g/mol. The van der Waals surface area contributed by atoms with Crippen molar-refractivity contribution in [3.05, 3.63) is 69.6 Å². The quantitative estimate of drug-likeness (QED) is 0.691. The molecule has 0 aliphatic carbocycles. The fourth-order valence-electron chi connectivity index (χ4n) is 2.33. The molecule has 2 aromatic carbocycles. The van der Waals surface area contributed by atoms with E-state index in [2.05, 4.69) is 10.1 Å². The number of phenols is 1. The third-order valence-corrected chi connectivity index (χ3v) is 4.53. The molecule has 0 atom stereocenters. The largest absolute Gasteiger partial charge is 0.507 e. The van der Waals surface area contributed by atoms with E-state index in [0.717, 1.165) is 5.56 Å². The second kappa shape index (κ2) is 7.32. The van der Waals surface area contributed by atoms with Gasteiger partial charge in [-0.1, -0.05) is 12.1 Å². The molecule has 26 heavy (non-hydrogen) atoms. The van der Waals surface area contributed by atoms with Gasteiger partial charge in [0.25, 0.3) is 5.91 Å². The molecule has 3 rings (SSSR count). The number of hydrogen-bond donors (Lipinski definition) is 2. The lowest BCUT2D eigenvalue weighted by Gasteiger charge is -2.06. The molecule has 0 radical (unpaired) electrons. The second-order valence-corrected chi connectivity index (χ2v) is 6.17. The first-order valence-corrected chi connectivity index (χ1v) is 8.44. The number of aromatic hydroxyl groups is 1. The van der Waals surface area contributed by atoms with Crippen molar-refractivity contribution < 1.29 is 14.3 Å². The van der Waals surface area contributed by atoms with E-state index in [9.17, 15) is 14.3 Å². The lowest BCUT2D eigenvalue weighted by Crippen LogP contribution is -2.13. The van der Waals surface area contributed by atoms with Crippen molar-refractivity contribution in [3.8, 4) is 17.0 Å². The minimum Gasteiger partial charge on any atom is -0.507 e. The van der Waals surface area contributed by atoms with Crippen molar-refractivity contribution in [1.29, 1.82) is 0 Å².